The van der Waals surface area contributed by atoms with E-state index in [2.05, 4.69) is 15.3 Å². The first kappa shape index (κ1) is 17.2. The molecule has 138 valence electrons. The van der Waals surface area contributed by atoms with E-state index in [4.69, 9.17) is 0 Å². The van der Waals surface area contributed by atoms with E-state index in [0.717, 1.165) is 4.73 Å². The fraction of sp³-hybridized carbons (Fsp3) is 0. The minimum atomic E-state index is -0.535. The molecule has 0 saturated heterocycles. The van der Waals surface area contributed by atoms with Gasteiger partial charge in [0.15, 0.2) is 5.82 Å². The van der Waals surface area contributed by atoms with Gasteiger partial charge in [0.25, 0.3) is 11.6 Å². The number of carbonyl (C=O) groups is 1. The monoisotopic (exact) mass is 375 g/mol. The second-order valence-electron chi connectivity index (χ2n) is 5.94. The van der Waals surface area contributed by atoms with E-state index < -0.39 is 4.92 Å². The van der Waals surface area contributed by atoms with Gasteiger partial charge >= 0.3 is 0 Å². The van der Waals surface area contributed by atoms with Crippen LogP contribution < -0.4 is 5.32 Å². The van der Waals surface area contributed by atoms with Gasteiger partial charge in [-0.3, -0.25) is 19.9 Å². The zero-order chi connectivity index (χ0) is 19.7. The molecule has 4 rings (SSSR count). The first-order valence-corrected chi connectivity index (χ1v) is 8.21. The van der Waals surface area contributed by atoms with Crippen molar-refractivity contribution in [1.82, 2.24) is 14.7 Å². The molecule has 0 atom stereocenters. The van der Waals surface area contributed by atoms with Gasteiger partial charge in [0, 0.05) is 41.3 Å². The van der Waals surface area contributed by atoms with Crippen molar-refractivity contribution < 1.29 is 14.9 Å². The molecule has 2 aromatic carbocycles. The number of nitro groups is 1. The number of aromatic nitrogens is 3. The van der Waals surface area contributed by atoms with Crippen LogP contribution in [0.15, 0.2) is 67.0 Å². The molecule has 1 amide bonds. The van der Waals surface area contributed by atoms with E-state index in [1.54, 1.807) is 36.4 Å². The van der Waals surface area contributed by atoms with Crippen molar-refractivity contribution in [2.45, 2.75) is 0 Å². The molecular weight excluding hydrogens is 362 g/mol. The average Bonchev–Trinajstić information content (AvgIpc) is 3.05. The van der Waals surface area contributed by atoms with Crippen molar-refractivity contribution in [1.29, 1.82) is 0 Å². The predicted molar refractivity (Wildman–Crippen MR) is 101 cm³/mol. The molecule has 0 unspecified atom stereocenters. The van der Waals surface area contributed by atoms with Crippen molar-refractivity contribution in [3.8, 4) is 11.4 Å². The first-order chi connectivity index (χ1) is 13.5. The third kappa shape index (κ3) is 3.12. The van der Waals surface area contributed by atoms with Gasteiger partial charge < -0.3 is 10.5 Å². The fourth-order valence-corrected chi connectivity index (χ4v) is 2.76. The van der Waals surface area contributed by atoms with Crippen molar-refractivity contribution >= 4 is 28.3 Å². The Morgan fingerprint density at radius 3 is 2.46 bits per heavy atom. The summed E-state index contributed by atoms with van der Waals surface area (Å²) in [4.78, 5) is 30.7. The Labute approximate surface area is 158 Å². The summed E-state index contributed by atoms with van der Waals surface area (Å²) in [6.45, 7) is 0. The van der Waals surface area contributed by atoms with Crippen molar-refractivity contribution in [3.05, 3.63) is 82.7 Å². The molecule has 2 heterocycles. The molecule has 9 heteroatoms. The number of hydrogen-bond donors (Lipinski definition) is 2. The van der Waals surface area contributed by atoms with Crippen molar-refractivity contribution in [2.24, 2.45) is 0 Å². The standard InChI is InChI=1S/C19H13N5O4/c25-19(13-7-9-20-10-8-13)21-14-3-1-12(2-4-14)18-22-16-6-5-15(24(27)28)11-17(16)23(18)26/h1-11,26H,(H,21,25). The Morgan fingerprint density at radius 2 is 1.79 bits per heavy atom. The van der Waals surface area contributed by atoms with Gasteiger partial charge in [0.2, 0.25) is 0 Å². The van der Waals surface area contributed by atoms with E-state index >= 15 is 0 Å². The number of rotatable bonds is 4. The van der Waals surface area contributed by atoms with Gasteiger partial charge in [0.05, 0.1) is 10.4 Å². The summed E-state index contributed by atoms with van der Waals surface area (Å²) in [5.41, 5.74) is 2.17. The quantitative estimate of drug-likeness (QED) is 0.320. The SMILES string of the molecule is O=C(Nc1ccc(-c2nc3ccc([N+](=O)[O-])cc3n2O)cc1)c1ccncc1. The highest BCUT2D eigenvalue weighted by molar-refractivity contribution is 6.04. The molecule has 2 N–H and O–H groups in total. The van der Waals surface area contributed by atoms with Gasteiger partial charge in [-0.15, -0.1) is 0 Å². The number of imidazole rings is 1. The molecule has 0 bridgehead atoms. The number of benzene rings is 2. The van der Waals surface area contributed by atoms with Gasteiger partial charge in [-0.25, -0.2) is 4.98 Å². The Kier molecular flexibility index (Phi) is 4.17. The molecule has 0 radical (unpaired) electrons. The number of anilines is 1. The molecule has 2 aromatic heterocycles. The number of non-ortho nitro benzene ring substituents is 1. The zero-order valence-electron chi connectivity index (χ0n) is 14.3. The number of hydrogen-bond acceptors (Lipinski definition) is 6. The summed E-state index contributed by atoms with van der Waals surface area (Å²) in [7, 11) is 0. The van der Waals surface area contributed by atoms with E-state index in [-0.39, 0.29) is 22.9 Å². The smallest absolute Gasteiger partial charge is 0.271 e. The Hall–Kier alpha value is -4.27. The first-order valence-electron chi connectivity index (χ1n) is 8.21. The lowest BCUT2D eigenvalue weighted by Gasteiger charge is -2.06. The van der Waals surface area contributed by atoms with E-state index in [1.165, 1.54) is 30.6 Å². The van der Waals surface area contributed by atoms with Crippen LogP contribution in [0.5, 0.6) is 0 Å². The predicted octanol–water partition coefficient (Wildman–Crippen LogP) is 3.50. The number of carbonyl (C=O) groups excluding carboxylic acids is 1. The lowest BCUT2D eigenvalue weighted by atomic mass is 10.2. The van der Waals surface area contributed by atoms with Gasteiger partial charge in [0.1, 0.15) is 5.52 Å². The van der Waals surface area contributed by atoms with Crippen LogP contribution in [0.4, 0.5) is 11.4 Å². The maximum absolute atomic E-state index is 12.2. The van der Waals surface area contributed by atoms with E-state index in [0.29, 0.717) is 22.3 Å². The van der Waals surface area contributed by atoms with E-state index in [9.17, 15) is 20.1 Å². The number of nitro benzene ring substituents is 1. The molecule has 0 aliphatic heterocycles. The maximum atomic E-state index is 12.2. The Bertz CT molecular complexity index is 1190. The minimum absolute atomic E-state index is 0.136. The molecule has 0 aliphatic rings. The van der Waals surface area contributed by atoms with Crippen LogP contribution in [-0.2, 0) is 0 Å². The summed E-state index contributed by atoms with van der Waals surface area (Å²) in [5, 5.41) is 24.1. The third-order valence-electron chi connectivity index (χ3n) is 4.17. The van der Waals surface area contributed by atoms with Crippen LogP contribution in [0.1, 0.15) is 10.4 Å². The fourth-order valence-electron chi connectivity index (χ4n) is 2.76. The summed E-state index contributed by atoms with van der Waals surface area (Å²) < 4.78 is 0.812. The van der Waals surface area contributed by atoms with E-state index in [1.807, 2.05) is 0 Å². The number of amides is 1. The minimum Gasteiger partial charge on any atom is -0.426 e. The normalized spacial score (nSPS) is 10.7. The van der Waals surface area contributed by atoms with Crippen LogP contribution in [0.2, 0.25) is 0 Å². The highest BCUT2D eigenvalue weighted by Crippen LogP contribution is 2.27. The topological polar surface area (TPSA) is 123 Å². The lowest BCUT2D eigenvalue weighted by molar-refractivity contribution is -0.384. The van der Waals surface area contributed by atoms with Gasteiger partial charge in [-0.1, -0.05) is 0 Å². The number of nitrogens with one attached hydrogen (secondary N) is 1. The number of fused-ring (bicyclic) bond motifs is 1. The lowest BCUT2D eigenvalue weighted by Crippen LogP contribution is -2.11. The molecule has 9 nitrogen and oxygen atoms in total. The van der Waals surface area contributed by atoms with Crippen LogP contribution in [-0.4, -0.2) is 30.7 Å². The van der Waals surface area contributed by atoms with Crippen LogP contribution >= 0.6 is 0 Å². The largest absolute Gasteiger partial charge is 0.426 e. The maximum Gasteiger partial charge on any atom is 0.271 e. The highest BCUT2D eigenvalue weighted by atomic mass is 16.6. The molecule has 0 fully saturated rings. The summed E-state index contributed by atoms with van der Waals surface area (Å²) in [6, 6.07) is 14.0. The zero-order valence-corrected chi connectivity index (χ0v) is 14.3. The molecule has 0 aliphatic carbocycles. The summed E-state index contributed by atoms with van der Waals surface area (Å²) in [5.74, 6) is -0.0284. The molecule has 0 spiro atoms. The average molecular weight is 375 g/mol. The van der Waals surface area contributed by atoms with Crippen LogP contribution in [0.25, 0.3) is 22.4 Å². The van der Waals surface area contributed by atoms with Gasteiger partial charge in [-0.05, 0) is 42.5 Å². The second kappa shape index (κ2) is 6.80. The third-order valence-corrected chi connectivity index (χ3v) is 4.17. The summed E-state index contributed by atoms with van der Waals surface area (Å²) >= 11 is 0. The van der Waals surface area contributed by atoms with Crippen molar-refractivity contribution in [3.63, 3.8) is 0 Å². The highest BCUT2D eigenvalue weighted by Gasteiger charge is 2.16. The molecule has 4 aromatic rings. The van der Waals surface area contributed by atoms with Crippen LogP contribution in [0.3, 0.4) is 0 Å². The Morgan fingerprint density at radius 1 is 1.07 bits per heavy atom. The molecular formula is C19H13N5O4. The van der Waals surface area contributed by atoms with Gasteiger partial charge in [-0.2, -0.15) is 4.73 Å². The summed E-state index contributed by atoms with van der Waals surface area (Å²) in [6.07, 6.45) is 3.07. The molecule has 0 saturated carbocycles. The number of nitrogens with zero attached hydrogens (tertiary/aromatic N) is 4. The number of pyridine rings is 1. The van der Waals surface area contributed by atoms with Crippen LogP contribution in [0, 0.1) is 10.1 Å². The van der Waals surface area contributed by atoms with Crippen molar-refractivity contribution in [2.75, 3.05) is 5.32 Å². The molecule has 28 heavy (non-hydrogen) atoms. The second-order valence-corrected chi connectivity index (χ2v) is 5.94. The Balaban J connectivity index is 1.61.